The summed E-state index contributed by atoms with van der Waals surface area (Å²) in [6.07, 6.45) is 4.70. The first-order chi connectivity index (χ1) is 14.2. The average Bonchev–Trinajstić information content (AvgIpc) is 3.14. The van der Waals surface area contributed by atoms with Gasteiger partial charge in [-0.05, 0) is 23.8 Å². The fourth-order valence-corrected chi connectivity index (χ4v) is 3.40. The van der Waals surface area contributed by atoms with Crippen LogP contribution in [0.2, 0.25) is 5.02 Å². The van der Waals surface area contributed by atoms with E-state index >= 15 is 0 Å². The zero-order valence-electron chi connectivity index (χ0n) is 16.3. The predicted molar refractivity (Wildman–Crippen MR) is 116 cm³/mol. The van der Waals surface area contributed by atoms with E-state index in [2.05, 4.69) is 28.6 Å². The van der Waals surface area contributed by atoms with Crippen molar-refractivity contribution in [1.29, 1.82) is 0 Å². The Hall–Kier alpha value is -2.89. The summed E-state index contributed by atoms with van der Waals surface area (Å²) in [6, 6.07) is 18.2. The highest BCUT2D eigenvalue weighted by atomic mass is 35.5. The highest BCUT2D eigenvalue weighted by Crippen LogP contribution is 2.25. The van der Waals surface area contributed by atoms with Crippen molar-refractivity contribution in [2.24, 2.45) is 7.05 Å². The van der Waals surface area contributed by atoms with Gasteiger partial charge in [0.25, 0.3) is 0 Å². The lowest BCUT2D eigenvalue weighted by atomic mass is 10.1. The molecule has 2 heterocycles. The van der Waals surface area contributed by atoms with E-state index in [1.807, 2.05) is 55.8 Å². The van der Waals surface area contributed by atoms with Crippen molar-refractivity contribution in [3.8, 4) is 5.88 Å². The van der Waals surface area contributed by atoms with E-state index in [9.17, 15) is 0 Å². The quantitative estimate of drug-likeness (QED) is 0.467. The lowest BCUT2D eigenvalue weighted by Gasteiger charge is -2.13. The monoisotopic (exact) mass is 406 g/mol. The lowest BCUT2D eigenvalue weighted by Crippen LogP contribution is -2.14. The maximum atomic E-state index is 6.15. The molecule has 0 bridgehead atoms. The third kappa shape index (κ3) is 5.13. The van der Waals surface area contributed by atoms with Gasteiger partial charge in [-0.2, -0.15) is 5.10 Å². The molecular weight excluding hydrogens is 384 g/mol. The van der Waals surface area contributed by atoms with E-state index in [4.69, 9.17) is 21.3 Å². The Labute approximate surface area is 175 Å². The Morgan fingerprint density at radius 3 is 2.69 bits per heavy atom. The van der Waals surface area contributed by atoms with Gasteiger partial charge in [-0.15, -0.1) is 0 Å². The molecule has 0 saturated heterocycles. The van der Waals surface area contributed by atoms with Crippen molar-refractivity contribution in [3.05, 3.63) is 88.7 Å². The van der Waals surface area contributed by atoms with E-state index < -0.39 is 0 Å². The summed E-state index contributed by atoms with van der Waals surface area (Å²) in [5.74, 6) is 0.648. The largest absolute Gasteiger partial charge is 0.477 e. The second-order valence-corrected chi connectivity index (χ2v) is 7.44. The van der Waals surface area contributed by atoms with Crippen LogP contribution in [0, 0.1) is 0 Å². The summed E-state index contributed by atoms with van der Waals surface area (Å²) in [6.45, 7) is 1.95. The number of rotatable bonds is 8. The molecule has 0 aliphatic rings. The molecule has 0 amide bonds. The van der Waals surface area contributed by atoms with E-state index in [-0.39, 0.29) is 0 Å². The van der Waals surface area contributed by atoms with Crippen LogP contribution in [0.1, 0.15) is 16.7 Å². The highest BCUT2D eigenvalue weighted by molar-refractivity contribution is 6.31. The normalized spacial score (nSPS) is 11.1. The molecule has 0 atom stereocenters. The average molecular weight is 407 g/mol. The summed E-state index contributed by atoms with van der Waals surface area (Å²) in [5, 5.41) is 9.38. The molecule has 1 N–H and O–H groups in total. The van der Waals surface area contributed by atoms with Crippen molar-refractivity contribution in [2.45, 2.75) is 19.5 Å². The van der Waals surface area contributed by atoms with E-state index in [1.165, 1.54) is 5.56 Å². The third-order valence-electron chi connectivity index (χ3n) is 4.69. The van der Waals surface area contributed by atoms with Crippen molar-refractivity contribution in [2.75, 3.05) is 6.61 Å². The Kier molecular flexibility index (Phi) is 6.08. The number of aryl methyl sites for hydroxylation is 1. The molecule has 0 unspecified atom stereocenters. The smallest absolute Gasteiger partial charge is 0.218 e. The Morgan fingerprint density at radius 1 is 1.03 bits per heavy atom. The van der Waals surface area contributed by atoms with Crippen LogP contribution >= 0.6 is 11.6 Å². The summed E-state index contributed by atoms with van der Waals surface area (Å²) in [4.78, 5) is 4.73. The van der Waals surface area contributed by atoms with Gasteiger partial charge >= 0.3 is 0 Å². The summed E-state index contributed by atoms with van der Waals surface area (Å²) in [5.41, 5.74) is 4.24. The minimum absolute atomic E-state index is 0.568. The molecule has 0 spiro atoms. The van der Waals surface area contributed by atoms with Crippen LogP contribution in [0.15, 0.2) is 67.0 Å². The molecule has 2 aromatic carbocycles. The van der Waals surface area contributed by atoms with Gasteiger partial charge in [0.1, 0.15) is 0 Å². The summed E-state index contributed by atoms with van der Waals surface area (Å²) in [7, 11) is 1.92. The molecule has 0 aliphatic heterocycles. The predicted octanol–water partition coefficient (Wildman–Crippen LogP) is 4.53. The zero-order valence-corrected chi connectivity index (χ0v) is 17.1. The van der Waals surface area contributed by atoms with Crippen molar-refractivity contribution in [3.63, 3.8) is 0 Å². The first-order valence-electron chi connectivity index (χ1n) is 9.61. The highest BCUT2D eigenvalue weighted by Gasteiger charge is 2.10. The molecule has 29 heavy (non-hydrogen) atoms. The van der Waals surface area contributed by atoms with Crippen LogP contribution < -0.4 is 10.1 Å². The fraction of sp³-hybridized carbons (Fsp3) is 0.217. The molecule has 0 aliphatic carbocycles. The third-order valence-corrected chi connectivity index (χ3v) is 4.93. The first-order valence-corrected chi connectivity index (χ1v) is 9.99. The molecule has 0 fully saturated rings. The van der Waals surface area contributed by atoms with Crippen molar-refractivity contribution < 1.29 is 4.74 Å². The summed E-state index contributed by atoms with van der Waals surface area (Å²) < 4.78 is 7.89. The Morgan fingerprint density at radius 2 is 1.90 bits per heavy atom. The minimum atomic E-state index is 0.568. The van der Waals surface area contributed by atoms with Crippen LogP contribution in [-0.2, 0) is 26.6 Å². The second-order valence-electron chi connectivity index (χ2n) is 7.00. The number of nitrogens with zero attached hydrogens (tertiary/aromatic N) is 3. The molecule has 0 radical (unpaired) electrons. The maximum absolute atomic E-state index is 6.15. The van der Waals surface area contributed by atoms with Gasteiger partial charge in [-0.3, -0.25) is 4.68 Å². The number of hydrogen-bond donors (Lipinski definition) is 1. The molecule has 6 heteroatoms. The van der Waals surface area contributed by atoms with E-state index in [1.54, 1.807) is 4.68 Å². The van der Waals surface area contributed by atoms with Crippen LogP contribution in [0.3, 0.4) is 0 Å². The number of benzene rings is 2. The molecule has 4 rings (SSSR count). The molecule has 0 saturated carbocycles. The fourth-order valence-electron chi connectivity index (χ4n) is 3.23. The standard InChI is InChI=1S/C23H23ClN4O/c1-28-16-18(14-26-28)13-25-15-20-11-19-7-8-21(24)12-22(19)27-23(20)29-10-9-17-5-3-2-4-6-17/h2-8,11-12,14,16,25H,9-10,13,15H2,1H3. The van der Waals surface area contributed by atoms with Crippen LogP contribution in [-0.4, -0.2) is 21.4 Å². The molecule has 5 nitrogen and oxygen atoms in total. The van der Waals surface area contributed by atoms with Crippen LogP contribution in [0.4, 0.5) is 0 Å². The lowest BCUT2D eigenvalue weighted by molar-refractivity contribution is 0.306. The molecule has 2 aromatic heterocycles. The van der Waals surface area contributed by atoms with Gasteiger partial charge in [0, 0.05) is 54.3 Å². The second kappa shape index (κ2) is 9.07. The van der Waals surface area contributed by atoms with Crippen molar-refractivity contribution in [1.82, 2.24) is 20.1 Å². The zero-order chi connectivity index (χ0) is 20.1. The SMILES string of the molecule is Cn1cc(CNCc2cc3ccc(Cl)cc3nc2OCCc2ccccc2)cn1. The number of halogens is 1. The van der Waals surface area contributed by atoms with Gasteiger partial charge in [-0.25, -0.2) is 4.98 Å². The van der Waals surface area contributed by atoms with E-state index in [0.29, 0.717) is 24.1 Å². The molecular formula is C23H23ClN4O. The van der Waals surface area contributed by atoms with Crippen molar-refractivity contribution >= 4 is 22.5 Å². The topological polar surface area (TPSA) is 52.0 Å². The molecule has 4 aromatic rings. The number of aromatic nitrogens is 3. The van der Waals surface area contributed by atoms with Gasteiger partial charge < -0.3 is 10.1 Å². The number of hydrogen-bond acceptors (Lipinski definition) is 4. The van der Waals surface area contributed by atoms with Crippen LogP contribution in [0.25, 0.3) is 10.9 Å². The Balaban J connectivity index is 1.49. The van der Waals surface area contributed by atoms with Gasteiger partial charge in [0.15, 0.2) is 0 Å². The summed E-state index contributed by atoms with van der Waals surface area (Å²) >= 11 is 6.15. The maximum Gasteiger partial charge on any atom is 0.218 e. The minimum Gasteiger partial charge on any atom is -0.477 e. The number of pyridine rings is 1. The molecule has 148 valence electrons. The van der Waals surface area contributed by atoms with Gasteiger partial charge in [0.05, 0.1) is 18.3 Å². The van der Waals surface area contributed by atoms with Gasteiger partial charge in [-0.1, -0.05) is 48.0 Å². The Bertz CT molecular complexity index is 1090. The van der Waals surface area contributed by atoms with E-state index in [0.717, 1.165) is 35.0 Å². The number of nitrogens with one attached hydrogen (secondary N) is 1. The van der Waals surface area contributed by atoms with Gasteiger partial charge in [0.2, 0.25) is 5.88 Å². The number of fused-ring (bicyclic) bond motifs is 1. The van der Waals surface area contributed by atoms with Crippen LogP contribution in [0.5, 0.6) is 5.88 Å². The first kappa shape index (κ1) is 19.4. The number of ether oxygens (including phenoxy) is 1.